The molecule has 6 heteroatoms. The predicted octanol–water partition coefficient (Wildman–Crippen LogP) is 4.09. The largest absolute Gasteiger partial charge is 0.386 e. The number of β-amino-alcohol motifs (C(OH)–C–C–N with tert-alkyl or cyclic N) is 1. The highest BCUT2D eigenvalue weighted by Crippen LogP contribution is 2.43. The van der Waals surface area contributed by atoms with Crippen LogP contribution in [-0.4, -0.2) is 53.5 Å². The van der Waals surface area contributed by atoms with Gasteiger partial charge in [-0.05, 0) is 42.0 Å². The highest BCUT2D eigenvalue weighted by molar-refractivity contribution is 7.10. The minimum atomic E-state index is -0.447. The summed E-state index contributed by atoms with van der Waals surface area (Å²) < 4.78 is 0. The molecule has 1 amide bonds. The van der Waals surface area contributed by atoms with Crippen molar-refractivity contribution >= 4 is 28.8 Å². The van der Waals surface area contributed by atoms with Gasteiger partial charge in [-0.3, -0.25) is 9.69 Å². The number of carbonyl (C=O) groups is 1. The van der Waals surface area contributed by atoms with Crippen LogP contribution in [0.1, 0.15) is 42.2 Å². The monoisotopic (exact) mass is 418 g/mol. The second-order valence-electron chi connectivity index (χ2n) is 7.92. The lowest BCUT2D eigenvalue weighted by molar-refractivity contribution is -0.139. The van der Waals surface area contributed by atoms with E-state index < -0.39 is 6.10 Å². The molecular weight excluding hydrogens is 392 g/mol. The summed E-state index contributed by atoms with van der Waals surface area (Å²) in [5.74, 6) is 0.269. The molecule has 2 aliphatic rings. The zero-order chi connectivity index (χ0) is 19.6. The van der Waals surface area contributed by atoms with E-state index in [4.69, 9.17) is 11.6 Å². The molecule has 1 atom stereocenters. The highest BCUT2D eigenvalue weighted by atomic mass is 35.5. The van der Waals surface area contributed by atoms with E-state index in [-0.39, 0.29) is 11.3 Å². The Kier molecular flexibility index (Phi) is 6.07. The normalized spacial score (nSPS) is 21.0. The van der Waals surface area contributed by atoms with Crippen LogP contribution in [0.3, 0.4) is 0 Å². The van der Waals surface area contributed by atoms with Gasteiger partial charge in [0.2, 0.25) is 5.91 Å². The molecule has 1 aromatic carbocycles. The van der Waals surface area contributed by atoms with Crippen molar-refractivity contribution in [3.05, 3.63) is 57.2 Å². The van der Waals surface area contributed by atoms with Gasteiger partial charge in [0.1, 0.15) is 6.10 Å². The van der Waals surface area contributed by atoms with Crippen molar-refractivity contribution in [2.75, 3.05) is 32.7 Å². The van der Waals surface area contributed by atoms with E-state index in [0.29, 0.717) is 11.6 Å². The van der Waals surface area contributed by atoms with E-state index in [1.807, 2.05) is 46.7 Å². The van der Waals surface area contributed by atoms with Gasteiger partial charge in [0.25, 0.3) is 0 Å². The Morgan fingerprint density at radius 3 is 2.39 bits per heavy atom. The van der Waals surface area contributed by atoms with Crippen LogP contribution in [0.15, 0.2) is 41.8 Å². The summed E-state index contributed by atoms with van der Waals surface area (Å²) in [5.41, 5.74) is 0.721. The average Bonchev–Trinajstić information content (AvgIpc) is 3.41. The third-order valence-electron chi connectivity index (χ3n) is 6.23. The number of carbonyl (C=O) groups excluding carboxylic acids is 1. The van der Waals surface area contributed by atoms with Gasteiger partial charge < -0.3 is 10.0 Å². The number of hydrogen-bond acceptors (Lipinski definition) is 4. The Bertz CT molecular complexity index is 779. The lowest BCUT2D eigenvalue weighted by atomic mass is 9.77. The second-order valence-corrected chi connectivity index (χ2v) is 9.34. The zero-order valence-corrected chi connectivity index (χ0v) is 17.6. The Hall–Kier alpha value is -1.40. The van der Waals surface area contributed by atoms with Gasteiger partial charge >= 0.3 is 0 Å². The molecule has 28 heavy (non-hydrogen) atoms. The number of halogens is 1. The molecule has 1 saturated carbocycles. The third kappa shape index (κ3) is 3.99. The van der Waals surface area contributed by atoms with Crippen molar-refractivity contribution in [3.63, 3.8) is 0 Å². The fourth-order valence-corrected chi connectivity index (χ4v) is 5.45. The lowest BCUT2D eigenvalue weighted by Crippen LogP contribution is -2.54. The fourth-order valence-electron chi connectivity index (χ4n) is 4.63. The highest BCUT2D eigenvalue weighted by Gasteiger charge is 2.45. The van der Waals surface area contributed by atoms with Gasteiger partial charge in [0.15, 0.2) is 0 Å². The average molecular weight is 419 g/mol. The number of benzene rings is 1. The summed E-state index contributed by atoms with van der Waals surface area (Å²) in [6.07, 6.45) is 3.59. The van der Waals surface area contributed by atoms with Crippen LogP contribution in [0.4, 0.5) is 0 Å². The van der Waals surface area contributed by atoms with Gasteiger partial charge in [0.05, 0.1) is 5.41 Å². The number of hydrogen-bond donors (Lipinski definition) is 1. The van der Waals surface area contributed by atoms with Crippen molar-refractivity contribution in [2.45, 2.75) is 37.2 Å². The molecule has 4 nitrogen and oxygen atoms in total. The maximum Gasteiger partial charge on any atom is 0.233 e. The fraction of sp³-hybridized carbons (Fsp3) is 0.500. The van der Waals surface area contributed by atoms with Crippen molar-refractivity contribution < 1.29 is 9.90 Å². The molecule has 2 heterocycles. The first kappa shape index (κ1) is 19.9. The number of aliphatic hydroxyl groups excluding tert-OH is 1. The number of nitrogens with zero attached hydrogens (tertiary/aromatic N) is 2. The van der Waals surface area contributed by atoms with E-state index in [2.05, 4.69) is 4.90 Å². The molecule has 0 spiro atoms. The van der Waals surface area contributed by atoms with Crippen molar-refractivity contribution in [3.8, 4) is 0 Å². The quantitative estimate of drug-likeness (QED) is 0.795. The molecule has 2 fully saturated rings. The van der Waals surface area contributed by atoms with Gasteiger partial charge in [-0.2, -0.15) is 0 Å². The molecule has 4 rings (SSSR count). The summed E-state index contributed by atoms with van der Waals surface area (Å²) in [4.78, 5) is 18.9. The van der Waals surface area contributed by atoms with E-state index in [1.54, 1.807) is 11.3 Å². The smallest absolute Gasteiger partial charge is 0.233 e. The molecule has 1 saturated heterocycles. The topological polar surface area (TPSA) is 43.8 Å². The van der Waals surface area contributed by atoms with Gasteiger partial charge in [0, 0.05) is 42.6 Å². The van der Waals surface area contributed by atoms with E-state index in [9.17, 15) is 9.90 Å². The van der Waals surface area contributed by atoms with Crippen LogP contribution in [-0.2, 0) is 10.2 Å². The van der Waals surface area contributed by atoms with Crippen LogP contribution in [0, 0.1) is 0 Å². The molecule has 2 aromatic rings. The minimum Gasteiger partial charge on any atom is -0.386 e. The maximum atomic E-state index is 13.6. The molecule has 0 bridgehead atoms. The first-order chi connectivity index (χ1) is 13.6. The number of rotatable bonds is 5. The summed E-state index contributed by atoms with van der Waals surface area (Å²) in [6.45, 7) is 3.71. The molecule has 1 aliphatic carbocycles. The van der Waals surface area contributed by atoms with Gasteiger partial charge in [-0.1, -0.05) is 42.6 Å². The second kappa shape index (κ2) is 8.54. The zero-order valence-electron chi connectivity index (χ0n) is 16.0. The number of aliphatic hydroxyl groups is 1. The van der Waals surface area contributed by atoms with Crippen LogP contribution in [0.25, 0.3) is 0 Å². The van der Waals surface area contributed by atoms with Crippen LogP contribution in [0.5, 0.6) is 0 Å². The van der Waals surface area contributed by atoms with Crippen molar-refractivity contribution in [1.82, 2.24) is 9.80 Å². The first-order valence-corrected chi connectivity index (χ1v) is 11.3. The first-order valence-electron chi connectivity index (χ1n) is 10.1. The lowest BCUT2D eigenvalue weighted by Gasteiger charge is -2.40. The van der Waals surface area contributed by atoms with Gasteiger partial charge in [-0.15, -0.1) is 11.3 Å². The molecule has 1 aliphatic heterocycles. The summed E-state index contributed by atoms with van der Waals surface area (Å²) in [6, 6.07) is 11.8. The van der Waals surface area contributed by atoms with Crippen molar-refractivity contribution in [2.24, 2.45) is 0 Å². The van der Waals surface area contributed by atoms with Crippen molar-refractivity contribution in [1.29, 1.82) is 0 Å². The van der Waals surface area contributed by atoms with E-state index in [0.717, 1.165) is 62.3 Å². The maximum absolute atomic E-state index is 13.6. The van der Waals surface area contributed by atoms with Crippen LogP contribution in [0.2, 0.25) is 5.02 Å². The summed E-state index contributed by atoms with van der Waals surface area (Å²) in [5, 5.41) is 13.1. The Labute approximate surface area is 175 Å². The molecule has 0 unspecified atom stereocenters. The van der Waals surface area contributed by atoms with Gasteiger partial charge in [-0.25, -0.2) is 0 Å². The number of amides is 1. The minimum absolute atomic E-state index is 0.269. The molecule has 150 valence electrons. The summed E-state index contributed by atoms with van der Waals surface area (Å²) in [7, 11) is 0. The van der Waals surface area contributed by atoms with E-state index >= 15 is 0 Å². The number of thiophene rings is 1. The Morgan fingerprint density at radius 1 is 1.11 bits per heavy atom. The predicted molar refractivity (Wildman–Crippen MR) is 114 cm³/mol. The Balaban J connectivity index is 1.40. The standard InChI is InChI=1S/C22H27ClN2O2S/c23-18-7-5-17(6-8-18)22(9-1-2-10-22)21(27)25-13-11-24(12-14-25)16-19(26)20-4-3-15-28-20/h3-8,15,19,26H,1-2,9-14,16H2/t19-/m1/s1. The molecule has 0 radical (unpaired) electrons. The van der Waals surface area contributed by atoms with Crippen LogP contribution < -0.4 is 0 Å². The Morgan fingerprint density at radius 2 is 1.79 bits per heavy atom. The summed E-state index contributed by atoms with van der Waals surface area (Å²) >= 11 is 7.66. The van der Waals surface area contributed by atoms with E-state index in [1.165, 1.54) is 0 Å². The number of piperazine rings is 1. The molecule has 1 aromatic heterocycles. The molecule has 1 N–H and O–H groups in total. The van der Waals surface area contributed by atoms with Crippen LogP contribution >= 0.6 is 22.9 Å². The third-order valence-corrected chi connectivity index (χ3v) is 7.45. The SMILES string of the molecule is O=C(N1CCN(C[C@@H](O)c2cccs2)CC1)C1(c2ccc(Cl)cc2)CCCC1. The molecular formula is C22H27ClN2O2S.